The Morgan fingerprint density at radius 3 is 2.76 bits per heavy atom. The highest BCUT2D eigenvalue weighted by molar-refractivity contribution is 9.10. The Kier molecular flexibility index (Phi) is 4.94. The lowest BCUT2D eigenvalue weighted by atomic mass is 10.2. The molecule has 0 atom stereocenters. The summed E-state index contributed by atoms with van der Waals surface area (Å²) in [5, 5.41) is 9.00. The number of hydrogen-bond acceptors (Lipinski definition) is 4. The predicted octanol–water partition coefficient (Wildman–Crippen LogP) is 2.70. The molecule has 0 aliphatic heterocycles. The van der Waals surface area contributed by atoms with Crippen LogP contribution in [0.25, 0.3) is 0 Å². The molecule has 1 aromatic heterocycles. The molecule has 108 valence electrons. The van der Waals surface area contributed by atoms with Crippen molar-refractivity contribution in [2.24, 2.45) is 0 Å². The third-order valence-corrected chi connectivity index (χ3v) is 4.49. The van der Waals surface area contributed by atoms with Gasteiger partial charge in [0.1, 0.15) is 6.07 Å². The molecule has 0 radical (unpaired) electrons. The van der Waals surface area contributed by atoms with Crippen LogP contribution in [0.2, 0.25) is 0 Å². The number of halogens is 1. The zero-order valence-corrected chi connectivity index (χ0v) is 13.4. The van der Waals surface area contributed by atoms with Crippen LogP contribution >= 0.6 is 15.9 Å². The fraction of sp³-hybridized carbons (Fsp3) is 0.143. The van der Waals surface area contributed by atoms with Crippen molar-refractivity contribution >= 4 is 31.6 Å². The summed E-state index contributed by atoms with van der Waals surface area (Å²) < 4.78 is 27.3. The molecule has 5 nitrogen and oxygen atoms in total. The van der Waals surface area contributed by atoms with Crippen molar-refractivity contribution in [2.45, 2.75) is 6.42 Å². The third-order valence-electron chi connectivity index (χ3n) is 2.72. The fourth-order valence-corrected chi connectivity index (χ4v) is 3.15. The standard InChI is InChI=1S/C14H12BrN3O2S/c15-12-5-4-11(10-16)14(9-12)18-21(19,20)8-6-13-3-1-2-7-17-13/h1-5,7,9,18H,6,8H2. The van der Waals surface area contributed by atoms with E-state index in [9.17, 15) is 8.42 Å². The lowest BCUT2D eigenvalue weighted by Gasteiger charge is -2.09. The van der Waals surface area contributed by atoms with Gasteiger partial charge < -0.3 is 0 Å². The molecule has 1 aromatic carbocycles. The zero-order chi connectivity index (χ0) is 15.3. The summed E-state index contributed by atoms with van der Waals surface area (Å²) in [7, 11) is -3.54. The van der Waals surface area contributed by atoms with Crippen LogP contribution in [0.5, 0.6) is 0 Å². The minimum absolute atomic E-state index is 0.0958. The number of benzene rings is 1. The molecule has 0 aliphatic carbocycles. The molecular weight excluding hydrogens is 354 g/mol. The second-order valence-electron chi connectivity index (χ2n) is 4.29. The molecule has 0 fully saturated rings. The molecule has 0 saturated heterocycles. The van der Waals surface area contributed by atoms with E-state index >= 15 is 0 Å². The van der Waals surface area contributed by atoms with Crippen LogP contribution in [0.3, 0.4) is 0 Å². The maximum atomic E-state index is 12.1. The molecule has 7 heteroatoms. The Morgan fingerprint density at radius 1 is 1.29 bits per heavy atom. The number of rotatable bonds is 5. The lowest BCUT2D eigenvalue weighted by molar-refractivity contribution is 0.600. The minimum Gasteiger partial charge on any atom is -0.282 e. The normalized spacial score (nSPS) is 10.9. The highest BCUT2D eigenvalue weighted by atomic mass is 79.9. The number of pyridine rings is 1. The first kappa shape index (κ1) is 15.5. The van der Waals surface area contributed by atoms with Gasteiger partial charge in [-0.15, -0.1) is 0 Å². The minimum atomic E-state index is -3.54. The summed E-state index contributed by atoms with van der Waals surface area (Å²) in [5.41, 5.74) is 1.25. The van der Waals surface area contributed by atoms with E-state index < -0.39 is 10.0 Å². The second kappa shape index (κ2) is 6.70. The van der Waals surface area contributed by atoms with E-state index in [-0.39, 0.29) is 17.0 Å². The van der Waals surface area contributed by atoms with E-state index in [2.05, 4.69) is 25.6 Å². The van der Waals surface area contributed by atoms with Crippen LogP contribution in [-0.4, -0.2) is 19.2 Å². The molecule has 21 heavy (non-hydrogen) atoms. The number of anilines is 1. The molecule has 0 aliphatic rings. The Bertz CT molecular complexity index is 771. The molecule has 0 saturated carbocycles. The number of hydrogen-bond donors (Lipinski definition) is 1. The Morgan fingerprint density at radius 2 is 2.10 bits per heavy atom. The van der Waals surface area contributed by atoms with E-state index in [0.717, 1.165) is 0 Å². The van der Waals surface area contributed by atoms with Gasteiger partial charge in [0.2, 0.25) is 10.0 Å². The molecule has 2 rings (SSSR count). The van der Waals surface area contributed by atoms with Gasteiger partial charge in [0, 0.05) is 22.8 Å². The molecule has 0 amide bonds. The summed E-state index contributed by atoms with van der Waals surface area (Å²) in [5.74, 6) is -0.0958. The van der Waals surface area contributed by atoms with Crippen molar-refractivity contribution in [2.75, 3.05) is 10.5 Å². The average Bonchev–Trinajstić information content (AvgIpc) is 2.46. The number of sulfonamides is 1. The number of nitrogens with one attached hydrogen (secondary N) is 1. The highest BCUT2D eigenvalue weighted by Crippen LogP contribution is 2.22. The smallest absolute Gasteiger partial charge is 0.233 e. The summed E-state index contributed by atoms with van der Waals surface area (Å²) >= 11 is 3.25. The van der Waals surface area contributed by atoms with Crippen LogP contribution in [0.1, 0.15) is 11.3 Å². The first-order valence-electron chi connectivity index (χ1n) is 6.10. The van der Waals surface area contributed by atoms with Crippen molar-refractivity contribution in [3.05, 3.63) is 58.3 Å². The van der Waals surface area contributed by atoms with Crippen molar-refractivity contribution in [1.82, 2.24) is 4.98 Å². The summed E-state index contributed by atoms with van der Waals surface area (Å²) in [6.07, 6.45) is 1.93. The SMILES string of the molecule is N#Cc1ccc(Br)cc1NS(=O)(=O)CCc1ccccn1. The fourth-order valence-electron chi connectivity index (χ4n) is 1.70. The maximum Gasteiger partial charge on any atom is 0.233 e. The molecule has 0 bridgehead atoms. The van der Waals surface area contributed by atoms with E-state index in [1.54, 1.807) is 36.5 Å². The Labute approximate surface area is 131 Å². The van der Waals surface area contributed by atoms with Crippen molar-refractivity contribution < 1.29 is 8.42 Å². The molecule has 0 spiro atoms. The molecule has 1 N–H and O–H groups in total. The Balaban J connectivity index is 2.11. The van der Waals surface area contributed by atoms with Gasteiger partial charge in [-0.25, -0.2) is 8.42 Å². The summed E-state index contributed by atoms with van der Waals surface area (Å²) in [4.78, 5) is 4.08. The summed E-state index contributed by atoms with van der Waals surface area (Å²) in [6, 6.07) is 12.1. The molecular formula is C14H12BrN3O2S. The number of nitrogens with zero attached hydrogens (tertiary/aromatic N) is 2. The number of aromatic nitrogens is 1. The van der Waals surface area contributed by atoms with Crippen LogP contribution < -0.4 is 4.72 Å². The van der Waals surface area contributed by atoms with Crippen LogP contribution in [0, 0.1) is 11.3 Å². The van der Waals surface area contributed by atoms with Crippen LogP contribution in [0.15, 0.2) is 47.1 Å². The zero-order valence-electron chi connectivity index (χ0n) is 11.0. The van der Waals surface area contributed by atoms with Crippen molar-refractivity contribution in [1.29, 1.82) is 5.26 Å². The van der Waals surface area contributed by atoms with E-state index in [4.69, 9.17) is 5.26 Å². The topological polar surface area (TPSA) is 82.9 Å². The molecule has 0 unspecified atom stereocenters. The van der Waals surface area contributed by atoms with Gasteiger partial charge in [-0.05, 0) is 30.3 Å². The van der Waals surface area contributed by atoms with Gasteiger partial charge in [-0.2, -0.15) is 5.26 Å². The van der Waals surface area contributed by atoms with Crippen molar-refractivity contribution in [3.8, 4) is 6.07 Å². The quantitative estimate of drug-likeness (QED) is 0.882. The Hall–Kier alpha value is -1.91. The number of nitriles is 1. The van der Waals surface area contributed by atoms with Crippen LogP contribution in [-0.2, 0) is 16.4 Å². The second-order valence-corrected chi connectivity index (χ2v) is 7.05. The van der Waals surface area contributed by atoms with Gasteiger partial charge in [0.15, 0.2) is 0 Å². The molecule has 2 aromatic rings. The van der Waals surface area contributed by atoms with E-state index in [0.29, 0.717) is 16.6 Å². The van der Waals surface area contributed by atoms with E-state index in [1.807, 2.05) is 12.1 Å². The van der Waals surface area contributed by atoms with E-state index in [1.165, 1.54) is 0 Å². The first-order chi connectivity index (χ1) is 10.00. The first-order valence-corrected chi connectivity index (χ1v) is 8.55. The highest BCUT2D eigenvalue weighted by Gasteiger charge is 2.14. The van der Waals surface area contributed by atoms with Gasteiger partial charge >= 0.3 is 0 Å². The molecule has 1 heterocycles. The number of aryl methyl sites for hydroxylation is 1. The average molecular weight is 366 g/mol. The lowest BCUT2D eigenvalue weighted by Crippen LogP contribution is -2.19. The van der Waals surface area contributed by atoms with Crippen molar-refractivity contribution in [3.63, 3.8) is 0 Å². The predicted molar refractivity (Wildman–Crippen MR) is 84.2 cm³/mol. The van der Waals surface area contributed by atoms with Gasteiger partial charge in [-0.1, -0.05) is 22.0 Å². The monoisotopic (exact) mass is 365 g/mol. The largest absolute Gasteiger partial charge is 0.282 e. The van der Waals surface area contributed by atoms with Crippen LogP contribution in [0.4, 0.5) is 5.69 Å². The van der Waals surface area contributed by atoms with Gasteiger partial charge in [-0.3, -0.25) is 9.71 Å². The van der Waals surface area contributed by atoms with Gasteiger partial charge in [0.25, 0.3) is 0 Å². The summed E-state index contributed by atoms with van der Waals surface area (Å²) in [6.45, 7) is 0. The maximum absolute atomic E-state index is 12.1. The third kappa shape index (κ3) is 4.55. The van der Waals surface area contributed by atoms with Gasteiger partial charge in [0.05, 0.1) is 17.0 Å².